The van der Waals surface area contributed by atoms with Crippen LogP contribution in [-0.4, -0.2) is 47.9 Å². The standard InChI is InChI=1S/C26H31N3O3/c1-4-29-19(2)17-23(30)24(26(29)31)25(20-9-8-12-22(18-20)32-3)28-15-13-27(14-16-28)21-10-6-5-7-11-21/h5-12,17-18,25,30H,4,13-16H2,1-3H3. The van der Waals surface area contributed by atoms with Crippen molar-refractivity contribution < 1.29 is 9.84 Å². The van der Waals surface area contributed by atoms with Crippen LogP contribution in [0.5, 0.6) is 11.5 Å². The number of ether oxygens (including phenoxy) is 1. The lowest BCUT2D eigenvalue weighted by Gasteiger charge is -2.40. The topological polar surface area (TPSA) is 57.9 Å². The predicted octanol–water partition coefficient (Wildman–Crippen LogP) is 3.80. The summed E-state index contributed by atoms with van der Waals surface area (Å²) in [5, 5.41) is 10.9. The van der Waals surface area contributed by atoms with Crippen LogP contribution in [0.4, 0.5) is 5.69 Å². The molecule has 0 amide bonds. The lowest BCUT2D eigenvalue weighted by atomic mass is 9.95. The monoisotopic (exact) mass is 433 g/mol. The Morgan fingerprint density at radius 1 is 1.00 bits per heavy atom. The number of hydrogen-bond donors (Lipinski definition) is 1. The zero-order valence-electron chi connectivity index (χ0n) is 19.0. The van der Waals surface area contributed by atoms with Crippen molar-refractivity contribution in [1.82, 2.24) is 9.47 Å². The Morgan fingerprint density at radius 3 is 2.38 bits per heavy atom. The van der Waals surface area contributed by atoms with Crippen molar-refractivity contribution in [2.24, 2.45) is 0 Å². The zero-order valence-corrected chi connectivity index (χ0v) is 19.0. The van der Waals surface area contributed by atoms with Gasteiger partial charge in [0.15, 0.2) is 0 Å². The number of benzene rings is 2. The summed E-state index contributed by atoms with van der Waals surface area (Å²) in [4.78, 5) is 18.1. The predicted molar refractivity (Wildman–Crippen MR) is 128 cm³/mol. The fourth-order valence-corrected chi connectivity index (χ4v) is 4.67. The molecule has 6 heteroatoms. The molecule has 6 nitrogen and oxygen atoms in total. The van der Waals surface area contributed by atoms with E-state index in [9.17, 15) is 9.90 Å². The minimum atomic E-state index is -0.353. The second-order valence-corrected chi connectivity index (χ2v) is 8.17. The number of methoxy groups -OCH3 is 1. The van der Waals surface area contributed by atoms with Gasteiger partial charge < -0.3 is 19.3 Å². The van der Waals surface area contributed by atoms with Crippen LogP contribution in [0.25, 0.3) is 0 Å². The van der Waals surface area contributed by atoms with Gasteiger partial charge in [-0.25, -0.2) is 0 Å². The first-order valence-corrected chi connectivity index (χ1v) is 11.1. The molecule has 1 aliphatic rings. The van der Waals surface area contributed by atoms with Crippen molar-refractivity contribution in [3.63, 3.8) is 0 Å². The maximum atomic E-state index is 13.5. The molecule has 0 aliphatic carbocycles. The molecule has 1 fully saturated rings. The number of piperazine rings is 1. The van der Waals surface area contributed by atoms with Crippen LogP contribution < -0.4 is 15.2 Å². The molecule has 1 unspecified atom stereocenters. The van der Waals surface area contributed by atoms with Gasteiger partial charge in [0.25, 0.3) is 5.56 Å². The van der Waals surface area contributed by atoms with Crippen LogP contribution in [0, 0.1) is 6.92 Å². The molecule has 2 aromatic carbocycles. The highest BCUT2D eigenvalue weighted by Gasteiger charge is 2.31. The largest absolute Gasteiger partial charge is 0.507 e. The summed E-state index contributed by atoms with van der Waals surface area (Å²) in [5.74, 6) is 0.786. The second kappa shape index (κ2) is 9.49. The molecular formula is C26H31N3O3. The van der Waals surface area contributed by atoms with Crippen molar-refractivity contribution in [2.75, 3.05) is 38.2 Å². The van der Waals surface area contributed by atoms with Crippen LogP contribution in [0.15, 0.2) is 65.5 Å². The van der Waals surface area contributed by atoms with E-state index < -0.39 is 0 Å². The van der Waals surface area contributed by atoms with E-state index in [0.29, 0.717) is 12.1 Å². The van der Waals surface area contributed by atoms with Crippen molar-refractivity contribution in [2.45, 2.75) is 26.4 Å². The number of aromatic nitrogens is 1. The molecule has 4 rings (SSSR count). The highest BCUT2D eigenvalue weighted by molar-refractivity contribution is 5.47. The third-order valence-corrected chi connectivity index (χ3v) is 6.32. The van der Waals surface area contributed by atoms with Gasteiger partial charge in [-0.15, -0.1) is 0 Å². The Hall–Kier alpha value is -3.25. The molecule has 0 spiro atoms. The molecule has 0 bridgehead atoms. The molecule has 1 atom stereocenters. The molecular weight excluding hydrogens is 402 g/mol. The van der Waals surface area contributed by atoms with Gasteiger partial charge in [0.1, 0.15) is 11.5 Å². The summed E-state index contributed by atoms with van der Waals surface area (Å²) in [6, 6.07) is 19.5. The fraction of sp³-hybridized carbons (Fsp3) is 0.346. The minimum Gasteiger partial charge on any atom is -0.507 e. The van der Waals surface area contributed by atoms with Gasteiger partial charge in [-0.1, -0.05) is 30.3 Å². The van der Waals surface area contributed by atoms with Crippen LogP contribution in [0.1, 0.15) is 29.8 Å². The van der Waals surface area contributed by atoms with E-state index in [-0.39, 0.29) is 17.4 Å². The van der Waals surface area contributed by atoms with Crippen LogP contribution >= 0.6 is 0 Å². The van der Waals surface area contributed by atoms with Crippen molar-refractivity contribution >= 4 is 5.69 Å². The average molecular weight is 434 g/mol. The molecule has 2 heterocycles. The molecule has 32 heavy (non-hydrogen) atoms. The van der Waals surface area contributed by atoms with Crippen LogP contribution in [0.2, 0.25) is 0 Å². The Morgan fingerprint density at radius 2 is 1.72 bits per heavy atom. The Labute approximate surface area is 189 Å². The number of pyridine rings is 1. The molecule has 1 N–H and O–H groups in total. The van der Waals surface area contributed by atoms with Gasteiger partial charge in [-0.2, -0.15) is 0 Å². The first kappa shape index (κ1) is 22.0. The van der Waals surface area contributed by atoms with Gasteiger partial charge in [0.05, 0.1) is 18.7 Å². The molecule has 1 aliphatic heterocycles. The summed E-state index contributed by atoms with van der Waals surface area (Å²) in [7, 11) is 1.64. The Bertz CT molecular complexity index is 1120. The van der Waals surface area contributed by atoms with E-state index in [2.05, 4.69) is 34.1 Å². The van der Waals surface area contributed by atoms with E-state index in [0.717, 1.165) is 43.2 Å². The first-order chi connectivity index (χ1) is 15.5. The summed E-state index contributed by atoms with van der Waals surface area (Å²) in [6.07, 6.45) is 0. The quantitative estimate of drug-likeness (QED) is 0.641. The number of aromatic hydroxyl groups is 1. The average Bonchev–Trinajstić information content (AvgIpc) is 2.82. The van der Waals surface area contributed by atoms with Crippen LogP contribution in [0.3, 0.4) is 0 Å². The fourth-order valence-electron chi connectivity index (χ4n) is 4.67. The minimum absolute atomic E-state index is 0.0514. The third-order valence-electron chi connectivity index (χ3n) is 6.32. The molecule has 3 aromatic rings. The van der Waals surface area contributed by atoms with Gasteiger partial charge in [-0.3, -0.25) is 9.69 Å². The smallest absolute Gasteiger partial charge is 0.259 e. The normalized spacial score (nSPS) is 15.5. The lowest BCUT2D eigenvalue weighted by molar-refractivity contribution is 0.207. The second-order valence-electron chi connectivity index (χ2n) is 8.17. The molecule has 1 aromatic heterocycles. The molecule has 168 valence electrons. The Balaban J connectivity index is 1.74. The first-order valence-electron chi connectivity index (χ1n) is 11.1. The number of nitrogens with zero attached hydrogens (tertiary/aromatic N) is 3. The summed E-state index contributed by atoms with van der Waals surface area (Å²) < 4.78 is 7.18. The van der Waals surface area contributed by atoms with E-state index in [1.54, 1.807) is 17.7 Å². The maximum Gasteiger partial charge on any atom is 0.259 e. The number of aryl methyl sites for hydroxylation is 1. The number of para-hydroxylation sites is 1. The van der Waals surface area contributed by atoms with E-state index >= 15 is 0 Å². The van der Waals surface area contributed by atoms with Crippen molar-refractivity contribution in [3.8, 4) is 11.5 Å². The highest BCUT2D eigenvalue weighted by atomic mass is 16.5. The lowest BCUT2D eigenvalue weighted by Crippen LogP contribution is -2.49. The van der Waals surface area contributed by atoms with Gasteiger partial charge in [-0.05, 0) is 49.7 Å². The van der Waals surface area contributed by atoms with Crippen molar-refractivity contribution in [1.29, 1.82) is 0 Å². The van der Waals surface area contributed by atoms with Gasteiger partial charge >= 0.3 is 0 Å². The molecule has 0 saturated carbocycles. The highest BCUT2D eigenvalue weighted by Crippen LogP contribution is 2.35. The van der Waals surface area contributed by atoms with Gasteiger partial charge in [0, 0.05) is 44.1 Å². The number of rotatable bonds is 6. The number of hydrogen-bond acceptors (Lipinski definition) is 5. The summed E-state index contributed by atoms with van der Waals surface area (Å²) >= 11 is 0. The van der Waals surface area contributed by atoms with E-state index in [1.807, 2.05) is 44.2 Å². The molecule has 1 saturated heterocycles. The van der Waals surface area contributed by atoms with E-state index in [1.165, 1.54) is 5.69 Å². The van der Waals surface area contributed by atoms with Crippen molar-refractivity contribution in [3.05, 3.63) is 87.8 Å². The summed E-state index contributed by atoms with van der Waals surface area (Å²) in [6.45, 7) is 7.61. The third kappa shape index (κ3) is 4.23. The van der Waals surface area contributed by atoms with E-state index in [4.69, 9.17) is 4.74 Å². The summed E-state index contributed by atoms with van der Waals surface area (Å²) in [5.41, 5.74) is 3.20. The SMILES string of the molecule is CCn1c(C)cc(O)c(C(c2cccc(OC)c2)N2CCN(c3ccccc3)CC2)c1=O. The molecule has 0 radical (unpaired) electrons. The Kier molecular flexibility index (Phi) is 6.51. The van der Waals surface area contributed by atoms with Crippen LogP contribution in [-0.2, 0) is 6.54 Å². The maximum absolute atomic E-state index is 13.5. The number of anilines is 1. The van der Waals surface area contributed by atoms with Gasteiger partial charge in [0.2, 0.25) is 0 Å². The zero-order chi connectivity index (χ0) is 22.7.